The third-order valence-electron chi connectivity index (χ3n) is 12.9. The second-order valence-electron chi connectivity index (χ2n) is 20.1. The Balaban J connectivity index is 4.72. The number of unbranched alkanes of at least 4 members (excludes halogenated alkanes) is 29. The first kappa shape index (κ1) is 71.2. The second kappa shape index (κ2) is 56.4. The molecule has 0 saturated carbocycles. The smallest absolute Gasteiger partial charge is 0.462 e. The number of aliphatic hydroxyl groups is 1. The minimum atomic E-state index is -4.75. The van der Waals surface area contributed by atoms with E-state index in [1.165, 1.54) is 103 Å². The van der Waals surface area contributed by atoms with Crippen LogP contribution in [0.1, 0.15) is 278 Å². The molecular formula is C62H111O11P. The molecule has 0 fully saturated rings. The van der Waals surface area contributed by atoms with Crippen molar-refractivity contribution in [2.24, 2.45) is 0 Å². The topological polar surface area (TPSA) is 155 Å². The summed E-state index contributed by atoms with van der Waals surface area (Å²) < 4.78 is 39.6. The highest BCUT2D eigenvalue weighted by molar-refractivity contribution is 7.47. The molecule has 0 aliphatic heterocycles. The Bertz CT molecular complexity index is 1470. The maximum absolute atomic E-state index is 12.9. The third kappa shape index (κ3) is 54.0. The lowest BCUT2D eigenvalue weighted by molar-refractivity contribution is -0.161. The standard InChI is InChI=1S/C62H111O11P/c1-4-7-10-13-16-19-22-25-28-29-32-33-36-39-42-45-48-51-60(64)69-55-59(73-62(66)53-50-47-44-41-38-35-31-27-24-21-18-15-12-9-6-3)57-71-74(67,68)70-56-58(54-63)72-61(65)52-49-46-43-40-37-34-30-26-23-20-17-14-11-8-5-2/h7,10,16,18-19,21,25,27-28,31,58-59,63H,4-6,8-9,11-15,17,20,22-24,26,29-30,32-57H2,1-3H3,(H,67,68)/b10-7-,19-16-,21-18-,28-25-,31-27-. The molecule has 0 amide bonds. The highest BCUT2D eigenvalue weighted by atomic mass is 31.2. The van der Waals surface area contributed by atoms with Gasteiger partial charge in [0.15, 0.2) is 6.10 Å². The first-order valence-electron chi connectivity index (χ1n) is 30.2. The van der Waals surface area contributed by atoms with Gasteiger partial charge in [0, 0.05) is 19.3 Å². The van der Waals surface area contributed by atoms with Gasteiger partial charge >= 0.3 is 25.7 Å². The van der Waals surface area contributed by atoms with Crippen molar-refractivity contribution in [3.05, 3.63) is 60.8 Å². The summed E-state index contributed by atoms with van der Waals surface area (Å²) in [7, 11) is -4.75. The summed E-state index contributed by atoms with van der Waals surface area (Å²) in [6.45, 7) is 4.52. The van der Waals surface area contributed by atoms with Gasteiger partial charge in [0.25, 0.3) is 0 Å². The van der Waals surface area contributed by atoms with Crippen molar-refractivity contribution in [1.82, 2.24) is 0 Å². The fourth-order valence-corrected chi connectivity index (χ4v) is 9.13. The lowest BCUT2D eigenvalue weighted by atomic mass is 10.0. The van der Waals surface area contributed by atoms with Crippen LogP contribution in [0.25, 0.3) is 0 Å². The van der Waals surface area contributed by atoms with Crippen molar-refractivity contribution in [3.8, 4) is 0 Å². The first-order valence-corrected chi connectivity index (χ1v) is 31.7. The van der Waals surface area contributed by atoms with Crippen molar-refractivity contribution < 1.29 is 52.2 Å². The molecule has 0 heterocycles. The Morgan fingerprint density at radius 2 is 0.703 bits per heavy atom. The Labute approximate surface area is 453 Å². The van der Waals surface area contributed by atoms with Crippen LogP contribution < -0.4 is 0 Å². The van der Waals surface area contributed by atoms with Crippen molar-refractivity contribution in [3.63, 3.8) is 0 Å². The van der Waals surface area contributed by atoms with Gasteiger partial charge in [-0.15, -0.1) is 0 Å². The molecule has 0 rings (SSSR count). The molecule has 0 bridgehead atoms. The zero-order chi connectivity index (χ0) is 54.1. The summed E-state index contributed by atoms with van der Waals surface area (Å²) in [5.41, 5.74) is 0. The average molecular weight is 1060 g/mol. The molecule has 430 valence electrons. The summed E-state index contributed by atoms with van der Waals surface area (Å²) in [5, 5.41) is 9.83. The Hall–Kier alpha value is -2.82. The van der Waals surface area contributed by atoms with E-state index in [0.717, 1.165) is 116 Å². The fourth-order valence-electron chi connectivity index (χ4n) is 8.34. The number of allylic oxidation sites excluding steroid dienone is 10. The molecule has 0 saturated heterocycles. The number of aliphatic hydroxyl groups excluding tert-OH is 1. The number of carbonyl (C=O) groups is 3. The quantitative estimate of drug-likeness (QED) is 0.0197. The lowest BCUT2D eigenvalue weighted by Crippen LogP contribution is -2.30. The van der Waals surface area contributed by atoms with Gasteiger partial charge in [-0.1, -0.05) is 236 Å². The molecule has 12 heteroatoms. The van der Waals surface area contributed by atoms with E-state index < -0.39 is 57.8 Å². The predicted octanol–water partition coefficient (Wildman–Crippen LogP) is 17.9. The summed E-state index contributed by atoms with van der Waals surface area (Å²) in [6.07, 6.45) is 61.7. The number of carbonyl (C=O) groups excluding carboxylic acids is 3. The van der Waals surface area contributed by atoms with Gasteiger partial charge in [0.2, 0.25) is 0 Å². The molecule has 3 atom stereocenters. The van der Waals surface area contributed by atoms with Crippen LogP contribution in [0.4, 0.5) is 0 Å². The first-order chi connectivity index (χ1) is 36.2. The van der Waals surface area contributed by atoms with E-state index in [2.05, 4.69) is 81.5 Å². The van der Waals surface area contributed by atoms with Crippen LogP contribution in [0.2, 0.25) is 0 Å². The SMILES string of the molecule is CC/C=C\C/C=C\C/C=C\CCCCCCCCCC(=O)OCC(COP(=O)(O)OCC(CO)OC(=O)CCCCCCCCCCCCCCCCC)OC(=O)CCCCCCC/C=C\C/C=C\CCCCC. The number of esters is 3. The van der Waals surface area contributed by atoms with Gasteiger partial charge in [-0.2, -0.15) is 0 Å². The molecular weight excluding hydrogens is 952 g/mol. The van der Waals surface area contributed by atoms with Crippen molar-refractivity contribution in [2.45, 2.75) is 290 Å². The molecule has 0 radical (unpaired) electrons. The van der Waals surface area contributed by atoms with E-state index in [4.69, 9.17) is 23.3 Å². The number of hydrogen-bond donors (Lipinski definition) is 2. The van der Waals surface area contributed by atoms with Gasteiger partial charge in [0.05, 0.1) is 19.8 Å². The van der Waals surface area contributed by atoms with Crippen LogP contribution in [0, 0.1) is 0 Å². The van der Waals surface area contributed by atoms with Gasteiger partial charge in [0.1, 0.15) is 12.7 Å². The Morgan fingerprint density at radius 3 is 1.11 bits per heavy atom. The third-order valence-corrected chi connectivity index (χ3v) is 13.9. The fraction of sp³-hybridized carbons (Fsp3) is 0.790. The molecule has 3 unspecified atom stereocenters. The van der Waals surface area contributed by atoms with Gasteiger partial charge in [-0.25, -0.2) is 4.57 Å². The molecule has 0 aromatic carbocycles. The van der Waals surface area contributed by atoms with E-state index >= 15 is 0 Å². The summed E-state index contributed by atoms with van der Waals surface area (Å²) in [4.78, 5) is 48.6. The monoisotopic (exact) mass is 1060 g/mol. The highest BCUT2D eigenvalue weighted by Crippen LogP contribution is 2.43. The number of phosphoric acid groups is 1. The van der Waals surface area contributed by atoms with Crippen molar-refractivity contribution >= 4 is 25.7 Å². The zero-order valence-corrected chi connectivity index (χ0v) is 48.5. The Morgan fingerprint density at radius 1 is 0.392 bits per heavy atom. The molecule has 0 aromatic rings. The summed E-state index contributed by atoms with van der Waals surface area (Å²) in [6, 6.07) is 0. The number of ether oxygens (including phenoxy) is 3. The Kier molecular flexibility index (Phi) is 54.2. The largest absolute Gasteiger partial charge is 0.472 e. The molecule has 2 N–H and O–H groups in total. The number of phosphoric ester groups is 1. The van der Waals surface area contributed by atoms with Crippen molar-refractivity contribution in [2.75, 3.05) is 26.4 Å². The van der Waals surface area contributed by atoms with Crippen molar-refractivity contribution in [1.29, 1.82) is 0 Å². The van der Waals surface area contributed by atoms with Crippen LogP contribution in [-0.4, -0.2) is 66.5 Å². The van der Waals surface area contributed by atoms with E-state index in [9.17, 15) is 28.9 Å². The van der Waals surface area contributed by atoms with Crippen LogP contribution >= 0.6 is 7.82 Å². The molecule has 74 heavy (non-hydrogen) atoms. The van der Waals surface area contributed by atoms with Crippen LogP contribution in [0.15, 0.2) is 60.8 Å². The molecule has 0 aromatic heterocycles. The van der Waals surface area contributed by atoms with Gasteiger partial charge < -0.3 is 24.2 Å². The average Bonchev–Trinajstić information content (AvgIpc) is 3.39. The lowest BCUT2D eigenvalue weighted by Gasteiger charge is -2.21. The van der Waals surface area contributed by atoms with E-state index in [-0.39, 0.29) is 25.9 Å². The van der Waals surface area contributed by atoms with Gasteiger partial charge in [-0.3, -0.25) is 23.4 Å². The maximum Gasteiger partial charge on any atom is 0.472 e. The van der Waals surface area contributed by atoms with Gasteiger partial charge in [-0.05, 0) is 83.5 Å². The van der Waals surface area contributed by atoms with Crippen LogP contribution in [-0.2, 0) is 42.2 Å². The molecule has 0 aliphatic carbocycles. The molecule has 0 aliphatic rings. The number of hydrogen-bond acceptors (Lipinski definition) is 10. The normalized spacial score (nSPS) is 13.7. The van der Waals surface area contributed by atoms with Crippen LogP contribution in [0.5, 0.6) is 0 Å². The molecule has 11 nitrogen and oxygen atoms in total. The van der Waals surface area contributed by atoms with E-state index in [1.807, 2.05) is 0 Å². The highest BCUT2D eigenvalue weighted by Gasteiger charge is 2.28. The maximum atomic E-state index is 12.9. The summed E-state index contributed by atoms with van der Waals surface area (Å²) in [5.74, 6) is -1.48. The van der Waals surface area contributed by atoms with E-state index in [0.29, 0.717) is 19.3 Å². The molecule has 0 spiro atoms. The minimum absolute atomic E-state index is 0.150. The zero-order valence-electron chi connectivity index (χ0n) is 47.6. The second-order valence-corrected chi connectivity index (χ2v) is 21.6. The summed E-state index contributed by atoms with van der Waals surface area (Å²) >= 11 is 0. The minimum Gasteiger partial charge on any atom is -0.462 e. The number of rotatable bonds is 56. The van der Waals surface area contributed by atoms with Crippen LogP contribution in [0.3, 0.4) is 0 Å². The predicted molar refractivity (Wildman–Crippen MR) is 307 cm³/mol. The van der Waals surface area contributed by atoms with E-state index in [1.54, 1.807) is 0 Å².